The van der Waals surface area contributed by atoms with Gasteiger partial charge in [-0.3, -0.25) is 9.59 Å². The van der Waals surface area contributed by atoms with E-state index in [9.17, 15) is 14.0 Å². The number of fused-ring (bicyclic) bond motifs is 1. The molecule has 2 rings (SSSR count). The fraction of sp³-hybridized carbons (Fsp3) is 0.333. The molecular formula is C12H11BrFNO3. The maximum Gasteiger partial charge on any atom is 0.299 e. The molecule has 0 spiro atoms. The molecule has 1 aromatic rings. The van der Waals surface area contributed by atoms with E-state index in [0.29, 0.717) is 10.2 Å². The highest BCUT2D eigenvalue weighted by Crippen LogP contribution is 2.37. The van der Waals surface area contributed by atoms with E-state index < -0.39 is 17.5 Å². The van der Waals surface area contributed by atoms with Gasteiger partial charge in [0, 0.05) is 11.6 Å². The van der Waals surface area contributed by atoms with Crippen molar-refractivity contribution >= 4 is 33.3 Å². The molecule has 1 aromatic carbocycles. The average molecular weight is 316 g/mol. The number of carbonyl (C=O) groups is 2. The number of ether oxygens (including phenoxy) is 1. The third-order valence-corrected chi connectivity index (χ3v) is 3.43. The van der Waals surface area contributed by atoms with Gasteiger partial charge in [-0.15, -0.1) is 0 Å². The van der Waals surface area contributed by atoms with Crippen molar-refractivity contribution in [3.63, 3.8) is 0 Å². The summed E-state index contributed by atoms with van der Waals surface area (Å²) in [5.41, 5.74) is 0.505. The highest BCUT2D eigenvalue weighted by molar-refractivity contribution is 9.10. The summed E-state index contributed by atoms with van der Waals surface area (Å²) < 4.78 is 18.7. The quantitative estimate of drug-likeness (QED) is 0.803. The Morgan fingerprint density at radius 1 is 1.44 bits per heavy atom. The molecule has 1 amide bonds. The Balaban J connectivity index is 2.48. The predicted octanol–water partition coefficient (Wildman–Crippen LogP) is 2.15. The number of benzene rings is 1. The van der Waals surface area contributed by atoms with Crippen molar-refractivity contribution in [2.45, 2.75) is 13.0 Å². The number of Topliss-reactive ketones (excluding diaryl/α,β-unsaturated/α-hetero) is 1. The van der Waals surface area contributed by atoms with Crippen LogP contribution in [0.3, 0.4) is 0 Å². The van der Waals surface area contributed by atoms with E-state index in [2.05, 4.69) is 15.9 Å². The molecule has 1 aliphatic rings. The Morgan fingerprint density at radius 3 is 2.72 bits per heavy atom. The average Bonchev–Trinajstić information content (AvgIpc) is 2.54. The number of anilines is 1. The maximum absolute atomic E-state index is 13.2. The number of hydrogen-bond acceptors (Lipinski definition) is 3. The molecule has 0 saturated heterocycles. The van der Waals surface area contributed by atoms with Crippen molar-refractivity contribution < 1.29 is 18.7 Å². The molecule has 1 atom stereocenters. The molecule has 1 aliphatic heterocycles. The van der Waals surface area contributed by atoms with Crippen molar-refractivity contribution in [2.75, 3.05) is 18.6 Å². The van der Waals surface area contributed by atoms with Crippen LogP contribution in [-0.2, 0) is 9.53 Å². The minimum Gasteiger partial charge on any atom is -0.380 e. The van der Waals surface area contributed by atoms with Crippen LogP contribution < -0.4 is 4.90 Å². The highest BCUT2D eigenvalue weighted by Gasteiger charge is 2.38. The second-order valence-electron chi connectivity index (χ2n) is 4.07. The Hall–Kier alpha value is -1.27. The van der Waals surface area contributed by atoms with E-state index in [4.69, 9.17) is 4.74 Å². The lowest BCUT2D eigenvalue weighted by Gasteiger charge is -2.21. The van der Waals surface area contributed by atoms with Crippen molar-refractivity contribution in [1.29, 1.82) is 0 Å². The number of rotatable bonds is 3. The molecule has 0 N–H and O–H groups in total. The molecule has 0 aromatic heterocycles. The molecular weight excluding hydrogens is 305 g/mol. The summed E-state index contributed by atoms with van der Waals surface area (Å²) in [7, 11) is 1.52. The van der Waals surface area contributed by atoms with E-state index in [0.717, 1.165) is 6.07 Å². The summed E-state index contributed by atoms with van der Waals surface area (Å²) in [6.07, 6.45) is -0.218. The summed E-state index contributed by atoms with van der Waals surface area (Å²) >= 11 is 3.18. The fourth-order valence-electron chi connectivity index (χ4n) is 1.86. The smallest absolute Gasteiger partial charge is 0.299 e. The van der Waals surface area contributed by atoms with Crippen LogP contribution in [0.25, 0.3) is 0 Å². The van der Waals surface area contributed by atoms with Gasteiger partial charge in [0.05, 0.1) is 23.9 Å². The molecule has 6 heteroatoms. The third kappa shape index (κ3) is 2.06. The first kappa shape index (κ1) is 13.2. The van der Waals surface area contributed by atoms with Crippen molar-refractivity contribution in [3.8, 4) is 0 Å². The Bertz CT molecular complexity index is 532. The molecule has 0 saturated carbocycles. The molecule has 1 unspecified atom stereocenters. The van der Waals surface area contributed by atoms with Gasteiger partial charge in [-0.2, -0.15) is 0 Å². The van der Waals surface area contributed by atoms with Gasteiger partial charge in [-0.05, 0) is 35.0 Å². The van der Waals surface area contributed by atoms with Gasteiger partial charge in [-0.25, -0.2) is 4.39 Å². The van der Waals surface area contributed by atoms with E-state index in [1.165, 1.54) is 18.1 Å². The fourth-order valence-corrected chi connectivity index (χ4v) is 2.50. The summed E-state index contributed by atoms with van der Waals surface area (Å²) in [6.45, 7) is 2.03. The number of carbonyl (C=O) groups excluding carboxylic acids is 2. The van der Waals surface area contributed by atoms with Crippen LogP contribution in [0, 0.1) is 5.82 Å². The first-order valence-electron chi connectivity index (χ1n) is 5.33. The van der Waals surface area contributed by atoms with Crippen molar-refractivity contribution in [2.24, 2.45) is 0 Å². The lowest BCUT2D eigenvalue weighted by Crippen LogP contribution is -2.36. The minimum atomic E-state index is -0.687. The Kier molecular flexibility index (Phi) is 3.49. The van der Waals surface area contributed by atoms with Crippen LogP contribution >= 0.6 is 15.9 Å². The number of halogens is 2. The molecule has 1 heterocycles. The first-order chi connectivity index (χ1) is 8.45. The lowest BCUT2D eigenvalue weighted by molar-refractivity contribution is -0.114. The van der Waals surface area contributed by atoms with Crippen LogP contribution in [0.1, 0.15) is 17.3 Å². The van der Waals surface area contributed by atoms with Crippen LogP contribution in [0.15, 0.2) is 16.6 Å². The first-order valence-corrected chi connectivity index (χ1v) is 6.13. The highest BCUT2D eigenvalue weighted by atomic mass is 79.9. The Morgan fingerprint density at radius 2 is 2.11 bits per heavy atom. The second-order valence-corrected chi connectivity index (χ2v) is 4.93. The minimum absolute atomic E-state index is 0.0928. The van der Waals surface area contributed by atoms with Gasteiger partial charge >= 0.3 is 0 Å². The van der Waals surface area contributed by atoms with E-state index >= 15 is 0 Å². The zero-order valence-electron chi connectivity index (χ0n) is 9.87. The van der Waals surface area contributed by atoms with Gasteiger partial charge in [-0.1, -0.05) is 0 Å². The van der Waals surface area contributed by atoms with Crippen LogP contribution in [0.2, 0.25) is 0 Å². The monoisotopic (exact) mass is 315 g/mol. The van der Waals surface area contributed by atoms with Gasteiger partial charge in [0.25, 0.3) is 11.7 Å². The van der Waals surface area contributed by atoms with Gasteiger partial charge in [0.1, 0.15) is 5.82 Å². The SMILES string of the molecule is COC(C)CN1C(=O)C(=O)c2cc(F)cc(Br)c21. The van der Waals surface area contributed by atoms with Crippen LogP contribution in [-0.4, -0.2) is 31.4 Å². The maximum atomic E-state index is 13.2. The largest absolute Gasteiger partial charge is 0.380 e. The van der Waals surface area contributed by atoms with E-state index in [1.54, 1.807) is 6.92 Å². The van der Waals surface area contributed by atoms with E-state index in [-0.39, 0.29) is 18.2 Å². The van der Waals surface area contributed by atoms with Crippen molar-refractivity contribution in [1.82, 2.24) is 0 Å². The molecule has 0 fully saturated rings. The van der Waals surface area contributed by atoms with Gasteiger partial charge in [0.15, 0.2) is 0 Å². The number of ketones is 1. The zero-order valence-corrected chi connectivity index (χ0v) is 11.5. The predicted molar refractivity (Wildman–Crippen MR) is 67.3 cm³/mol. The number of nitrogens with zero attached hydrogens (tertiary/aromatic N) is 1. The third-order valence-electron chi connectivity index (χ3n) is 2.82. The van der Waals surface area contributed by atoms with Crippen LogP contribution in [0.4, 0.5) is 10.1 Å². The van der Waals surface area contributed by atoms with Gasteiger partial charge < -0.3 is 9.64 Å². The number of hydrogen-bond donors (Lipinski definition) is 0. The second kappa shape index (κ2) is 4.78. The number of methoxy groups -OCH3 is 1. The lowest BCUT2D eigenvalue weighted by atomic mass is 10.1. The molecule has 96 valence electrons. The Labute approximate surface area is 112 Å². The standard InChI is InChI=1S/C12H11BrFNO3/c1-6(18-2)5-15-10-8(11(16)12(15)17)3-7(14)4-9(10)13/h3-4,6H,5H2,1-2H3. The normalized spacial score (nSPS) is 16.1. The molecule has 18 heavy (non-hydrogen) atoms. The summed E-state index contributed by atoms with van der Waals surface area (Å²) in [5.74, 6) is -1.89. The molecule has 0 radical (unpaired) electrons. The number of amides is 1. The van der Waals surface area contributed by atoms with Crippen LogP contribution in [0.5, 0.6) is 0 Å². The summed E-state index contributed by atoms with van der Waals surface area (Å²) in [4.78, 5) is 24.9. The van der Waals surface area contributed by atoms with E-state index in [1.807, 2.05) is 0 Å². The van der Waals surface area contributed by atoms with Crippen molar-refractivity contribution in [3.05, 3.63) is 28.0 Å². The topological polar surface area (TPSA) is 46.6 Å². The molecule has 4 nitrogen and oxygen atoms in total. The zero-order chi connectivity index (χ0) is 13.4. The molecule has 0 aliphatic carbocycles. The molecule has 0 bridgehead atoms. The summed E-state index contributed by atoms with van der Waals surface area (Å²) in [5, 5.41) is 0. The summed E-state index contributed by atoms with van der Waals surface area (Å²) in [6, 6.07) is 2.31. The van der Waals surface area contributed by atoms with Gasteiger partial charge in [0.2, 0.25) is 0 Å².